The average Bonchev–Trinajstić information content (AvgIpc) is 3.20. The molecule has 1 aliphatic heterocycles. The van der Waals surface area contributed by atoms with Gasteiger partial charge in [-0.05, 0) is 30.5 Å². The maximum Gasteiger partial charge on any atom is 0.307 e. The topological polar surface area (TPSA) is 104 Å². The van der Waals surface area contributed by atoms with Gasteiger partial charge in [-0.25, -0.2) is 0 Å². The van der Waals surface area contributed by atoms with Crippen LogP contribution in [0.3, 0.4) is 0 Å². The number of aromatic nitrogens is 4. The summed E-state index contributed by atoms with van der Waals surface area (Å²) in [6.45, 7) is 5.18. The van der Waals surface area contributed by atoms with Crippen LogP contribution in [-0.2, 0) is 16.0 Å². The van der Waals surface area contributed by atoms with Crippen molar-refractivity contribution in [1.29, 1.82) is 0 Å². The predicted octanol–water partition coefficient (Wildman–Crippen LogP) is 1.86. The molecule has 140 valence electrons. The van der Waals surface area contributed by atoms with Crippen molar-refractivity contribution < 1.29 is 14.6 Å². The van der Waals surface area contributed by atoms with Gasteiger partial charge in [0.05, 0.1) is 19.1 Å². The molecule has 0 saturated carbocycles. The molecule has 2 N–H and O–H groups in total. The van der Waals surface area contributed by atoms with Crippen LogP contribution in [0.1, 0.15) is 37.1 Å². The zero-order valence-electron chi connectivity index (χ0n) is 15.0. The second-order valence-corrected chi connectivity index (χ2v) is 6.58. The van der Waals surface area contributed by atoms with Gasteiger partial charge in [0.25, 0.3) is 0 Å². The van der Waals surface area contributed by atoms with E-state index in [0.29, 0.717) is 18.7 Å². The van der Waals surface area contributed by atoms with Crippen LogP contribution in [-0.4, -0.2) is 58.0 Å². The first-order valence-corrected chi connectivity index (χ1v) is 9.06. The molecule has 0 aliphatic carbocycles. The first-order chi connectivity index (χ1) is 12.7. The summed E-state index contributed by atoms with van der Waals surface area (Å²) in [6.07, 6.45) is 1.94. The summed E-state index contributed by atoms with van der Waals surface area (Å²) in [5, 5.41) is 23.9. The van der Waals surface area contributed by atoms with Crippen LogP contribution in [0, 0.1) is 5.92 Å². The Hall–Kier alpha value is -2.48. The number of ether oxygens (including phenoxy) is 1. The lowest BCUT2D eigenvalue weighted by molar-refractivity contribution is -0.142. The molecule has 1 saturated heterocycles. The molecule has 1 aromatic carbocycles. The van der Waals surface area contributed by atoms with E-state index in [-0.39, 0.29) is 5.92 Å². The van der Waals surface area contributed by atoms with Crippen LogP contribution in [0.25, 0.3) is 0 Å². The van der Waals surface area contributed by atoms with Gasteiger partial charge in [0.1, 0.15) is 0 Å². The molecule has 0 spiro atoms. The van der Waals surface area contributed by atoms with E-state index in [0.717, 1.165) is 44.0 Å². The lowest BCUT2D eigenvalue weighted by Gasteiger charge is -2.29. The predicted molar refractivity (Wildman–Crippen MR) is 96.1 cm³/mol. The van der Waals surface area contributed by atoms with E-state index in [1.165, 1.54) is 0 Å². The number of rotatable bonds is 8. The van der Waals surface area contributed by atoms with Gasteiger partial charge in [-0.2, -0.15) is 5.21 Å². The minimum absolute atomic E-state index is 0.314. The summed E-state index contributed by atoms with van der Waals surface area (Å²) in [5.41, 5.74) is 2.21. The fraction of sp³-hybridized carbons (Fsp3) is 0.556. The van der Waals surface area contributed by atoms with E-state index >= 15 is 0 Å². The maximum atomic E-state index is 11.8. The molecule has 2 atom stereocenters. The second kappa shape index (κ2) is 8.75. The number of H-pyrrole nitrogens is 1. The van der Waals surface area contributed by atoms with Crippen molar-refractivity contribution in [2.75, 3.05) is 31.2 Å². The summed E-state index contributed by atoms with van der Waals surface area (Å²) < 4.78 is 5.42. The van der Waals surface area contributed by atoms with Crippen LogP contribution in [0.5, 0.6) is 0 Å². The fourth-order valence-corrected chi connectivity index (χ4v) is 3.50. The van der Waals surface area contributed by atoms with Crippen molar-refractivity contribution in [3.05, 3.63) is 35.7 Å². The Morgan fingerprint density at radius 2 is 2.19 bits per heavy atom. The molecule has 0 bridgehead atoms. The highest BCUT2D eigenvalue weighted by Crippen LogP contribution is 2.31. The molecule has 26 heavy (non-hydrogen) atoms. The first kappa shape index (κ1) is 18.3. The maximum absolute atomic E-state index is 11.8. The average molecular weight is 359 g/mol. The van der Waals surface area contributed by atoms with E-state index in [4.69, 9.17) is 4.74 Å². The molecule has 8 heteroatoms. The summed E-state index contributed by atoms with van der Waals surface area (Å²) in [6, 6.07) is 8.26. The van der Waals surface area contributed by atoms with Crippen molar-refractivity contribution in [3.8, 4) is 0 Å². The lowest BCUT2D eigenvalue weighted by Crippen LogP contribution is -2.36. The van der Waals surface area contributed by atoms with E-state index in [9.17, 15) is 9.90 Å². The number of anilines is 1. The van der Waals surface area contributed by atoms with Crippen LogP contribution in [0.15, 0.2) is 24.3 Å². The van der Waals surface area contributed by atoms with Gasteiger partial charge >= 0.3 is 5.97 Å². The third kappa shape index (κ3) is 4.37. The number of hydrogen-bond donors (Lipinski definition) is 2. The number of aromatic amines is 1. The van der Waals surface area contributed by atoms with Crippen molar-refractivity contribution >= 4 is 11.7 Å². The number of carboxylic acids is 1. The van der Waals surface area contributed by atoms with Crippen LogP contribution >= 0.6 is 0 Å². The number of hydrogen-bond acceptors (Lipinski definition) is 6. The molecule has 3 rings (SSSR count). The van der Waals surface area contributed by atoms with Gasteiger partial charge in [0, 0.05) is 24.7 Å². The number of tetrazole rings is 1. The summed E-state index contributed by atoms with van der Waals surface area (Å²) in [5.74, 6) is -1.20. The second-order valence-electron chi connectivity index (χ2n) is 6.58. The van der Waals surface area contributed by atoms with Crippen molar-refractivity contribution in [2.24, 2.45) is 5.92 Å². The van der Waals surface area contributed by atoms with E-state index in [1.54, 1.807) is 0 Å². The Labute approximate surface area is 152 Å². The quantitative estimate of drug-likeness (QED) is 0.741. The van der Waals surface area contributed by atoms with Gasteiger partial charge in [0.15, 0.2) is 5.82 Å². The number of benzene rings is 1. The fourth-order valence-electron chi connectivity index (χ4n) is 3.50. The van der Waals surface area contributed by atoms with E-state index < -0.39 is 11.9 Å². The van der Waals surface area contributed by atoms with Gasteiger partial charge in [-0.3, -0.25) is 4.79 Å². The standard InChI is InChI=1S/C18H25N5O3/c1-2-4-15(18(24)25)16(17-19-21-22-20-17)12-13-5-3-6-14(11-13)23-7-9-26-10-8-23/h3,5-6,11,15-16H,2,4,7-10,12H2,1H3,(H,24,25)(H,19,20,21,22). The van der Waals surface area contributed by atoms with Crippen molar-refractivity contribution in [2.45, 2.75) is 32.1 Å². The molecule has 1 aromatic heterocycles. The number of carbonyl (C=O) groups is 1. The summed E-state index contributed by atoms with van der Waals surface area (Å²) in [4.78, 5) is 14.1. The molecular weight excluding hydrogens is 334 g/mol. The molecule has 0 amide bonds. The third-order valence-electron chi connectivity index (χ3n) is 4.84. The zero-order valence-corrected chi connectivity index (χ0v) is 15.0. The van der Waals surface area contributed by atoms with E-state index in [1.807, 2.05) is 19.1 Å². The Morgan fingerprint density at radius 3 is 2.85 bits per heavy atom. The molecule has 8 nitrogen and oxygen atoms in total. The molecule has 1 aliphatic rings. The highest BCUT2D eigenvalue weighted by molar-refractivity contribution is 5.71. The Balaban J connectivity index is 1.83. The molecule has 2 unspecified atom stereocenters. The van der Waals surface area contributed by atoms with Crippen LogP contribution < -0.4 is 4.90 Å². The van der Waals surface area contributed by atoms with Crippen LogP contribution in [0.2, 0.25) is 0 Å². The normalized spacial score (nSPS) is 17.0. The van der Waals surface area contributed by atoms with Crippen molar-refractivity contribution in [3.63, 3.8) is 0 Å². The number of carboxylic acid groups (broad SMARTS) is 1. The van der Waals surface area contributed by atoms with Gasteiger partial charge < -0.3 is 14.7 Å². The smallest absolute Gasteiger partial charge is 0.307 e. The lowest BCUT2D eigenvalue weighted by atomic mass is 9.83. The highest BCUT2D eigenvalue weighted by atomic mass is 16.5. The summed E-state index contributed by atoms with van der Waals surface area (Å²) >= 11 is 0. The first-order valence-electron chi connectivity index (χ1n) is 9.06. The van der Waals surface area contributed by atoms with Crippen LogP contribution in [0.4, 0.5) is 5.69 Å². The zero-order chi connectivity index (χ0) is 18.4. The summed E-state index contributed by atoms with van der Waals surface area (Å²) in [7, 11) is 0. The molecule has 1 fully saturated rings. The Kier molecular flexibility index (Phi) is 6.17. The number of morpholine rings is 1. The Bertz CT molecular complexity index is 701. The van der Waals surface area contributed by atoms with Gasteiger partial charge in [0.2, 0.25) is 0 Å². The number of nitrogens with zero attached hydrogens (tertiary/aromatic N) is 4. The highest BCUT2D eigenvalue weighted by Gasteiger charge is 2.32. The largest absolute Gasteiger partial charge is 0.481 e. The van der Waals surface area contributed by atoms with E-state index in [2.05, 4.69) is 37.7 Å². The minimum atomic E-state index is -0.814. The van der Waals surface area contributed by atoms with Crippen molar-refractivity contribution in [1.82, 2.24) is 20.6 Å². The molecule has 2 heterocycles. The third-order valence-corrected chi connectivity index (χ3v) is 4.84. The molecular formula is C18H25N5O3. The monoisotopic (exact) mass is 359 g/mol. The van der Waals surface area contributed by atoms with Gasteiger partial charge in [-0.15, -0.1) is 10.2 Å². The SMILES string of the molecule is CCCC(C(=O)O)C(Cc1cccc(N2CCOCC2)c1)c1nn[nH]n1. The Morgan fingerprint density at radius 1 is 1.38 bits per heavy atom. The molecule has 2 aromatic rings. The molecule has 0 radical (unpaired) electrons. The number of nitrogens with one attached hydrogen (secondary N) is 1. The van der Waals surface area contributed by atoms with Gasteiger partial charge in [-0.1, -0.05) is 30.7 Å². The number of aliphatic carboxylic acids is 1. The minimum Gasteiger partial charge on any atom is -0.481 e.